The maximum absolute atomic E-state index is 12.6. The van der Waals surface area contributed by atoms with Crippen molar-refractivity contribution in [3.05, 3.63) is 65.0 Å². The molecule has 14 heteroatoms. The first-order valence-corrected chi connectivity index (χ1v) is 13.3. The van der Waals surface area contributed by atoms with E-state index in [-0.39, 0.29) is 31.2 Å². The lowest BCUT2D eigenvalue weighted by Crippen LogP contribution is -2.38. The Bertz CT molecular complexity index is 1130. The molecule has 0 fully saturated rings. The van der Waals surface area contributed by atoms with Gasteiger partial charge in [-0.2, -0.15) is 0 Å². The van der Waals surface area contributed by atoms with E-state index in [4.69, 9.17) is 19.3 Å². The van der Waals surface area contributed by atoms with Crippen LogP contribution in [0, 0.1) is 0 Å². The van der Waals surface area contributed by atoms with E-state index < -0.39 is 29.3 Å². The van der Waals surface area contributed by atoms with Gasteiger partial charge in [0.1, 0.15) is 11.5 Å². The minimum atomic E-state index is -4.05. The molecule has 0 aliphatic rings. The fraction of sp³-hybridized carbons (Fsp3) is 0.350. The smallest absolute Gasteiger partial charge is 0.418 e. The van der Waals surface area contributed by atoms with Gasteiger partial charge in [-0.25, -0.2) is 17.7 Å². The van der Waals surface area contributed by atoms with E-state index in [0.717, 1.165) is 0 Å². The number of sulfonamides is 1. The molecule has 34 heavy (non-hydrogen) atoms. The second kappa shape index (κ2) is 13.1. The van der Waals surface area contributed by atoms with Crippen LogP contribution in [0.3, 0.4) is 0 Å². The minimum Gasteiger partial charge on any atom is -0.457 e. The third-order valence-electron chi connectivity index (χ3n) is 4.17. The summed E-state index contributed by atoms with van der Waals surface area (Å²) in [7, 11) is -8.00. The molecule has 2 aromatic rings. The predicted octanol–water partition coefficient (Wildman–Crippen LogP) is 4.41. The highest BCUT2D eigenvalue weighted by Gasteiger charge is 2.34. The Balaban J connectivity index is 1.99. The number of nitrogens with one attached hydrogen (secondary N) is 2. The molecule has 12 nitrogen and oxygen atoms in total. The van der Waals surface area contributed by atoms with Crippen molar-refractivity contribution in [3.8, 4) is 11.5 Å². The Kier molecular flexibility index (Phi) is 10.5. The van der Waals surface area contributed by atoms with Crippen LogP contribution in [0.25, 0.3) is 10.4 Å². The lowest BCUT2D eigenvalue weighted by Gasteiger charge is -2.18. The van der Waals surface area contributed by atoms with E-state index in [0.29, 0.717) is 11.5 Å². The molecular formula is C20H26N5O7PS. The maximum Gasteiger partial charge on any atom is 0.418 e. The van der Waals surface area contributed by atoms with Crippen molar-refractivity contribution in [2.45, 2.75) is 24.8 Å². The summed E-state index contributed by atoms with van der Waals surface area (Å²) in [6, 6.07) is 13.8. The second-order valence-corrected chi connectivity index (χ2v) is 10.3. The van der Waals surface area contributed by atoms with Crippen molar-refractivity contribution >= 4 is 23.3 Å². The van der Waals surface area contributed by atoms with Crippen LogP contribution in [-0.2, 0) is 23.6 Å². The van der Waals surface area contributed by atoms with E-state index in [1.165, 1.54) is 24.3 Å². The van der Waals surface area contributed by atoms with Gasteiger partial charge in [0.05, 0.1) is 24.2 Å². The number of hydrogen-bond acceptors (Lipinski definition) is 8. The lowest BCUT2D eigenvalue weighted by molar-refractivity contribution is 0.207. The van der Waals surface area contributed by atoms with Crippen LogP contribution in [0.2, 0.25) is 0 Å². The topological polar surface area (TPSA) is 169 Å². The standard InChI is InChI=1S/C20H26N5O7PS/c1-3-30-33(27,31-4-2)20(26)22-14-16(24-25-21)15-23-34(28,29)19-12-10-18(11-13-19)32-17-8-6-5-7-9-17/h5-13,16,23H,3-4,14-15H2,1-2H3,(H,22,26). The molecule has 0 aliphatic carbocycles. The van der Waals surface area contributed by atoms with Gasteiger partial charge in [0.15, 0.2) is 0 Å². The number of para-hydroxylation sites is 1. The fourth-order valence-electron chi connectivity index (χ4n) is 2.62. The first-order valence-electron chi connectivity index (χ1n) is 10.3. The highest BCUT2D eigenvalue weighted by molar-refractivity contribution is 7.89. The van der Waals surface area contributed by atoms with Gasteiger partial charge >= 0.3 is 13.2 Å². The van der Waals surface area contributed by atoms with Crippen LogP contribution in [0.5, 0.6) is 11.5 Å². The van der Waals surface area contributed by atoms with E-state index in [1.54, 1.807) is 26.0 Å². The molecule has 0 bridgehead atoms. The van der Waals surface area contributed by atoms with Crippen LogP contribution in [0.4, 0.5) is 4.79 Å². The SMILES string of the molecule is CCOP(=O)(OCC)C(=O)NCC(CNS(=O)(=O)c1ccc(Oc2ccccc2)cc1)N=[N+]=[N-]. The van der Waals surface area contributed by atoms with Crippen molar-refractivity contribution < 1.29 is 31.6 Å². The second-order valence-electron chi connectivity index (χ2n) is 6.62. The molecule has 0 radical (unpaired) electrons. The number of azide groups is 1. The minimum absolute atomic E-state index is 0.0144. The zero-order valence-corrected chi connectivity index (χ0v) is 20.4. The summed E-state index contributed by atoms with van der Waals surface area (Å²) < 4.78 is 55.5. The average molecular weight is 511 g/mol. The largest absolute Gasteiger partial charge is 0.457 e. The van der Waals surface area contributed by atoms with Crippen molar-refractivity contribution in [2.24, 2.45) is 5.11 Å². The van der Waals surface area contributed by atoms with E-state index in [9.17, 15) is 17.8 Å². The van der Waals surface area contributed by atoms with Gasteiger partial charge in [0.2, 0.25) is 10.0 Å². The molecule has 184 valence electrons. The van der Waals surface area contributed by atoms with Crippen molar-refractivity contribution in [3.63, 3.8) is 0 Å². The van der Waals surface area contributed by atoms with Gasteiger partial charge in [0, 0.05) is 18.0 Å². The Labute approximate surface area is 197 Å². The van der Waals surface area contributed by atoms with Crippen LogP contribution < -0.4 is 14.8 Å². The molecule has 1 amide bonds. The average Bonchev–Trinajstić information content (AvgIpc) is 2.82. The summed E-state index contributed by atoms with van der Waals surface area (Å²) in [4.78, 5) is 14.9. The van der Waals surface area contributed by atoms with Gasteiger partial charge in [-0.3, -0.25) is 4.79 Å². The molecule has 1 unspecified atom stereocenters. The molecule has 0 aromatic heterocycles. The third kappa shape index (κ3) is 8.14. The zero-order chi connectivity index (χ0) is 25.0. The van der Waals surface area contributed by atoms with E-state index in [2.05, 4.69) is 20.1 Å². The normalized spacial score (nSPS) is 12.4. The third-order valence-corrected chi connectivity index (χ3v) is 7.46. The number of amides is 1. The van der Waals surface area contributed by atoms with Crippen LogP contribution in [-0.4, -0.2) is 46.4 Å². The van der Waals surface area contributed by atoms with Crippen molar-refractivity contribution in [1.82, 2.24) is 10.0 Å². The summed E-state index contributed by atoms with van der Waals surface area (Å²) in [5.74, 6) is 1.06. The molecule has 2 rings (SSSR count). The Morgan fingerprint density at radius 1 is 1.03 bits per heavy atom. The highest BCUT2D eigenvalue weighted by atomic mass is 32.2. The molecule has 0 saturated heterocycles. The van der Waals surface area contributed by atoms with E-state index in [1.807, 2.05) is 18.2 Å². The number of nitrogens with zero attached hydrogens (tertiary/aromatic N) is 3. The highest BCUT2D eigenvalue weighted by Crippen LogP contribution is 2.48. The number of benzene rings is 2. The Hall–Kier alpha value is -2.92. The molecule has 0 aliphatic heterocycles. The lowest BCUT2D eigenvalue weighted by atomic mass is 10.3. The molecule has 1 atom stereocenters. The molecule has 0 saturated carbocycles. The Morgan fingerprint density at radius 3 is 2.18 bits per heavy atom. The molecule has 0 heterocycles. The van der Waals surface area contributed by atoms with Gasteiger partial charge in [-0.15, -0.1) is 0 Å². The van der Waals surface area contributed by atoms with Crippen LogP contribution >= 0.6 is 7.60 Å². The summed E-state index contributed by atoms with van der Waals surface area (Å²) in [5, 5.41) is 5.79. The molecular weight excluding hydrogens is 485 g/mol. The van der Waals surface area contributed by atoms with Crippen molar-refractivity contribution in [2.75, 3.05) is 26.3 Å². The van der Waals surface area contributed by atoms with Gasteiger partial charge in [0.25, 0.3) is 0 Å². The number of ether oxygens (including phenoxy) is 1. The predicted molar refractivity (Wildman–Crippen MR) is 125 cm³/mol. The molecule has 2 aromatic carbocycles. The first kappa shape index (κ1) is 27.3. The molecule has 2 N–H and O–H groups in total. The van der Waals surface area contributed by atoms with Gasteiger partial charge < -0.3 is 19.1 Å². The monoisotopic (exact) mass is 511 g/mol. The summed E-state index contributed by atoms with van der Waals surface area (Å²) in [6.45, 7) is 2.47. The quantitative estimate of drug-likeness (QED) is 0.164. The number of hydrogen-bond donors (Lipinski definition) is 2. The van der Waals surface area contributed by atoms with E-state index >= 15 is 0 Å². The molecule has 0 spiro atoms. The van der Waals surface area contributed by atoms with Gasteiger partial charge in [-0.05, 0) is 55.8 Å². The maximum atomic E-state index is 12.6. The summed E-state index contributed by atoms with van der Waals surface area (Å²) in [5.41, 5.74) is 7.77. The number of carbonyl (C=O) groups excluding carboxylic acids is 1. The zero-order valence-electron chi connectivity index (χ0n) is 18.7. The van der Waals surface area contributed by atoms with Crippen molar-refractivity contribution in [1.29, 1.82) is 0 Å². The summed E-state index contributed by atoms with van der Waals surface area (Å²) >= 11 is 0. The number of carbonyl (C=O) groups is 1. The van der Waals surface area contributed by atoms with Gasteiger partial charge in [-0.1, -0.05) is 23.3 Å². The number of rotatable bonds is 14. The van der Waals surface area contributed by atoms with Crippen LogP contribution in [0.15, 0.2) is 64.6 Å². The van der Waals surface area contributed by atoms with Crippen LogP contribution in [0.1, 0.15) is 13.8 Å². The first-order chi connectivity index (χ1) is 16.2. The fourth-order valence-corrected chi connectivity index (χ4v) is 4.97. The summed E-state index contributed by atoms with van der Waals surface area (Å²) in [6.07, 6.45) is 0. The Morgan fingerprint density at radius 2 is 1.62 bits per heavy atom.